The fourth-order valence-corrected chi connectivity index (χ4v) is 1.75. The first-order valence-corrected chi connectivity index (χ1v) is 6.02. The first-order chi connectivity index (χ1) is 8.28. The fourth-order valence-electron chi connectivity index (χ4n) is 1.75. The number of nitrogens with two attached hydrogens (primary N) is 1. The molecule has 1 aromatic heterocycles. The minimum absolute atomic E-state index is 0.568. The Morgan fingerprint density at radius 1 is 1.12 bits per heavy atom. The lowest BCUT2D eigenvalue weighted by Crippen LogP contribution is -2.03. The Morgan fingerprint density at radius 3 is 2.35 bits per heavy atom. The second kappa shape index (κ2) is 5.10. The molecule has 1 aromatic carbocycles. The van der Waals surface area contributed by atoms with Gasteiger partial charge in [0.05, 0.1) is 5.69 Å². The van der Waals surface area contributed by atoms with Crippen molar-refractivity contribution in [3.8, 4) is 5.69 Å². The Balaban J connectivity index is 2.40. The summed E-state index contributed by atoms with van der Waals surface area (Å²) in [4.78, 5) is 4.49. The quantitative estimate of drug-likeness (QED) is 0.872. The van der Waals surface area contributed by atoms with Gasteiger partial charge in [-0.05, 0) is 17.7 Å². The third kappa shape index (κ3) is 2.36. The zero-order valence-corrected chi connectivity index (χ0v) is 10.3. The van der Waals surface area contributed by atoms with Gasteiger partial charge in [-0.15, -0.1) is 0 Å². The molecule has 0 atom stereocenters. The Labute approximate surface area is 101 Å². The second-order valence-electron chi connectivity index (χ2n) is 3.93. The Bertz CT molecular complexity index is 485. The van der Waals surface area contributed by atoms with Crippen LogP contribution in [0.5, 0.6) is 0 Å². The molecular weight excluding hydrogens is 212 g/mol. The third-order valence-corrected chi connectivity index (χ3v) is 2.77. The standard InChI is InChI=1S/C13H18N4/c1-3-12-15-13(4-2)17(16-12)11-7-5-10(9-14)6-8-11/h5-8H,3-4,9,14H2,1-2H3. The molecule has 0 radical (unpaired) electrons. The number of benzene rings is 1. The van der Waals surface area contributed by atoms with E-state index < -0.39 is 0 Å². The number of hydrogen-bond acceptors (Lipinski definition) is 3. The van der Waals surface area contributed by atoms with Crippen molar-refractivity contribution in [2.45, 2.75) is 33.2 Å². The molecular formula is C13H18N4. The van der Waals surface area contributed by atoms with Crippen LogP contribution in [0.1, 0.15) is 31.1 Å². The van der Waals surface area contributed by atoms with E-state index in [9.17, 15) is 0 Å². The SMILES string of the molecule is CCc1nc(CC)n(-c2ccc(CN)cc2)n1. The molecule has 90 valence electrons. The van der Waals surface area contributed by atoms with Gasteiger partial charge in [-0.25, -0.2) is 9.67 Å². The summed E-state index contributed by atoms with van der Waals surface area (Å²) in [6.07, 6.45) is 1.74. The van der Waals surface area contributed by atoms with Gasteiger partial charge in [0.15, 0.2) is 5.82 Å². The molecule has 0 aliphatic carbocycles. The highest BCUT2D eigenvalue weighted by atomic mass is 15.3. The summed E-state index contributed by atoms with van der Waals surface area (Å²) in [6.45, 7) is 4.73. The van der Waals surface area contributed by atoms with Crippen molar-refractivity contribution in [1.29, 1.82) is 0 Å². The third-order valence-electron chi connectivity index (χ3n) is 2.77. The van der Waals surface area contributed by atoms with Crippen molar-refractivity contribution in [2.75, 3.05) is 0 Å². The number of aryl methyl sites for hydroxylation is 2. The highest BCUT2D eigenvalue weighted by Crippen LogP contribution is 2.12. The van der Waals surface area contributed by atoms with Crippen LogP contribution in [-0.2, 0) is 19.4 Å². The molecule has 0 unspecified atom stereocenters. The lowest BCUT2D eigenvalue weighted by molar-refractivity contribution is 0.790. The van der Waals surface area contributed by atoms with E-state index in [1.807, 2.05) is 28.9 Å². The summed E-state index contributed by atoms with van der Waals surface area (Å²) >= 11 is 0. The molecule has 17 heavy (non-hydrogen) atoms. The first kappa shape index (κ1) is 11.8. The van der Waals surface area contributed by atoms with Gasteiger partial charge < -0.3 is 5.73 Å². The maximum Gasteiger partial charge on any atom is 0.151 e. The summed E-state index contributed by atoms with van der Waals surface area (Å²) in [7, 11) is 0. The molecule has 0 saturated heterocycles. The Morgan fingerprint density at radius 2 is 1.82 bits per heavy atom. The van der Waals surface area contributed by atoms with Crippen molar-refractivity contribution in [3.63, 3.8) is 0 Å². The number of hydrogen-bond donors (Lipinski definition) is 1. The summed E-state index contributed by atoms with van der Waals surface area (Å²) in [5.41, 5.74) is 7.76. The van der Waals surface area contributed by atoms with Crippen LogP contribution in [0.4, 0.5) is 0 Å². The average molecular weight is 230 g/mol. The van der Waals surface area contributed by atoms with Crippen molar-refractivity contribution in [1.82, 2.24) is 14.8 Å². The molecule has 4 heteroatoms. The van der Waals surface area contributed by atoms with Gasteiger partial charge >= 0.3 is 0 Å². The zero-order chi connectivity index (χ0) is 12.3. The van der Waals surface area contributed by atoms with Gasteiger partial charge in [0.2, 0.25) is 0 Å². The van der Waals surface area contributed by atoms with Crippen LogP contribution in [-0.4, -0.2) is 14.8 Å². The van der Waals surface area contributed by atoms with E-state index in [1.165, 1.54) is 0 Å². The predicted octanol–water partition coefficient (Wildman–Crippen LogP) is 1.85. The largest absolute Gasteiger partial charge is 0.326 e. The van der Waals surface area contributed by atoms with Gasteiger partial charge in [-0.3, -0.25) is 0 Å². The van der Waals surface area contributed by atoms with E-state index in [0.717, 1.165) is 35.7 Å². The van der Waals surface area contributed by atoms with E-state index >= 15 is 0 Å². The maximum atomic E-state index is 5.59. The number of nitrogens with zero attached hydrogens (tertiary/aromatic N) is 3. The van der Waals surface area contributed by atoms with E-state index in [0.29, 0.717) is 6.54 Å². The first-order valence-electron chi connectivity index (χ1n) is 6.02. The van der Waals surface area contributed by atoms with Crippen LogP contribution < -0.4 is 5.73 Å². The molecule has 2 aromatic rings. The van der Waals surface area contributed by atoms with Gasteiger partial charge in [-0.2, -0.15) is 5.10 Å². The van der Waals surface area contributed by atoms with Gasteiger partial charge in [0.25, 0.3) is 0 Å². The van der Waals surface area contributed by atoms with E-state index in [1.54, 1.807) is 0 Å². The number of rotatable bonds is 4. The average Bonchev–Trinajstić information content (AvgIpc) is 2.82. The molecule has 0 bridgehead atoms. The van der Waals surface area contributed by atoms with Gasteiger partial charge in [0, 0.05) is 19.4 Å². The normalized spacial score (nSPS) is 10.8. The zero-order valence-electron chi connectivity index (χ0n) is 10.3. The highest BCUT2D eigenvalue weighted by Gasteiger charge is 2.08. The Hall–Kier alpha value is -1.68. The fraction of sp³-hybridized carbons (Fsp3) is 0.385. The van der Waals surface area contributed by atoms with Crippen LogP contribution >= 0.6 is 0 Å². The molecule has 2 N–H and O–H groups in total. The van der Waals surface area contributed by atoms with Crippen molar-refractivity contribution in [2.24, 2.45) is 5.73 Å². The van der Waals surface area contributed by atoms with Gasteiger partial charge in [0.1, 0.15) is 5.82 Å². The predicted molar refractivity (Wildman–Crippen MR) is 68.0 cm³/mol. The minimum Gasteiger partial charge on any atom is -0.326 e. The lowest BCUT2D eigenvalue weighted by atomic mass is 10.2. The molecule has 1 heterocycles. The van der Waals surface area contributed by atoms with Crippen LogP contribution in [0, 0.1) is 0 Å². The molecule has 4 nitrogen and oxygen atoms in total. The lowest BCUT2D eigenvalue weighted by Gasteiger charge is -2.05. The molecule has 0 amide bonds. The molecule has 2 rings (SSSR count). The van der Waals surface area contributed by atoms with E-state index in [-0.39, 0.29) is 0 Å². The van der Waals surface area contributed by atoms with E-state index in [2.05, 4.69) is 23.9 Å². The van der Waals surface area contributed by atoms with Crippen molar-refractivity contribution < 1.29 is 0 Å². The molecule has 0 fully saturated rings. The van der Waals surface area contributed by atoms with Crippen molar-refractivity contribution in [3.05, 3.63) is 41.5 Å². The topological polar surface area (TPSA) is 56.7 Å². The minimum atomic E-state index is 0.568. The smallest absolute Gasteiger partial charge is 0.151 e. The number of aromatic nitrogens is 3. The molecule has 0 aliphatic rings. The maximum absolute atomic E-state index is 5.59. The van der Waals surface area contributed by atoms with Crippen LogP contribution in [0.25, 0.3) is 5.69 Å². The van der Waals surface area contributed by atoms with Crippen LogP contribution in [0.3, 0.4) is 0 Å². The molecule has 0 saturated carbocycles. The summed E-state index contributed by atoms with van der Waals surface area (Å²) in [5, 5.41) is 4.50. The molecule has 0 spiro atoms. The highest BCUT2D eigenvalue weighted by molar-refractivity contribution is 5.34. The second-order valence-corrected chi connectivity index (χ2v) is 3.93. The monoisotopic (exact) mass is 230 g/mol. The Kier molecular flexibility index (Phi) is 3.54. The summed E-state index contributed by atoms with van der Waals surface area (Å²) in [6, 6.07) is 8.13. The summed E-state index contributed by atoms with van der Waals surface area (Å²) in [5.74, 6) is 1.90. The van der Waals surface area contributed by atoms with Crippen LogP contribution in [0.2, 0.25) is 0 Å². The van der Waals surface area contributed by atoms with Crippen LogP contribution in [0.15, 0.2) is 24.3 Å². The molecule has 0 aliphatic heterocycles. The van der Waals surface area contributed by atoms with Crippen molar-refractivity contribution >= 4 is 0 Å². The van der Waals surface area contributed by atoms with E-state index in [4.69, 9.17) is 5.73 Å². The van der Waals surface area contributed by atoms with Gasteiger partial charge in [-0.1, -0.05) is 26.0 Å². The summed E-state index contributed by atoms with van der Waals surface area (Å²) < 4.78 is 1.92.